The van der Waals surface area contributed by atoms with Crippen LogP contribution in [0.2, 0.25) is 0 Å². The lowest BCUT2D eigenvalue weighted by Crippen LogP contribution is -2.23. The molecule has 0 aliphatic carbocycles. The number of rotatable bonds is 4. The molecule has 0 aromatic carbocycles. The average molecular weight is 128 g/mol. The third kappa shape index (κ3) is 2.85. The van der Waals surface area contributed by atoms with Crippen LogP contribution in [0.3, 0.4) is 0 Å². The smallest absolute Gasteiger partial charge is 0.228 e. The fraction of sp³-hybridized carbons (Fsp3) is 0.667. The summed E-state index contributed by atoms with van der Waals surface area (Å²) in [6.07, 6.45) is 2.87. The Morgan fingerprint density at radius 2 is 2.33 bits per heavy atom. The third-order valence-electron chi connectivity index (χ3n) is 1.06. The minimum Gasteiger partial charge on any atom is -0.369 e. The zero-order valence-electron chi connectivity index (χ0n) is 5.39. The lowest BCUT2D eigenvalue weighted by atomic mass is 10.1. The van der Waals surface area contributed by atoms with E-state index in [1.807, 2.05) is 6.92 Å². The van der Waals surface area contributed by atoms with Gasteiger partial charge in [0.05, 0.1) is 0 Å². The van der Waals surface area contributed by atoms with E-state index in [2.05, 4.69) is 0 Å². The van der Waals surface area contributed by atoms with Crippen LogP contribution in [0.25, 0.3) is 0 Å². The molecule has 2 N–H and O–H groups in total. The molecule has 0 saturated carbocycles. The Kier molecular flexibility index (Phi) is 3.67. The van der Waals surface area contributed by atoms with Gasteiger partial charge in [-0.3, -0.25) is 9.59 Å². The lowest BCUT2D eigenvalue weighted by Gasteiger charge is -1.99. The van der Waals surface area contributed by atoms with Gasteiger partial charge in [0, 0.05) is 0 Å². The molecule has 0 rings (SSSR count). The first-order chi connectivity index (χ1) is 4.22. The summed E-state index contributed by atoms with van der Waals surface area (Å²) in [5.41, 5.74) is 4.83. The van der Waals surface area contributed by atoms with E-state index in [1.54, 1.807) is 6.29 Å². The van der Waals surface area contributed by atoms with Crippen LogP contribution < -0.4 is 5.73 Å². The van der Waals surface area contributed by atoms with E-state index in [9.17, 15) is 9.59 Å². The molecule has 9 heavy (non-hydrogen) atoms. The first-order valence-electron chi connectivity index (χ1n) is 2.89. The fourth-order valence-electron chi connectivity index (χ4n) is 0.548. The molecule has 1 amide bonds. The van der Waals surface area contributed by atoms with Crippen molar-refractivity contribution in [3.8, 4) is 0 Å². The molecule has 1 atom stereocenters. The van der Waals surface area contributed by atoms with E-state index in [0.29, 0.717) is 6.42 Å². The molecule has 0 bridgehead atoms. The van der Waals surface area contributed by atoms with Crippen LogP contribution in [0.1, 0.15) is 19.8 Å². The van der Waals surface area contributed by atoms with Crippen LogP contribution in [0.4, 0.5) is 0 Å². The van der Waals surface area contributed by atoms with Crippen LogP contribution >= 0.6 is 0 Å². The van der Waals surface area contributed by atoms with Gasteiger partial charge in [-0.15, -0.1) is 0 Å². The molecule has 0 spiro atoms. The number of hydrogen-bond acceptors (Lipinski definition) is 2. The second kappa shape index (κ2) is 4.06. The molecule has 3 heteroatoms. The minimum absolute atomic E-state index is 0.513. The molecule has 0 aliphatic heterocycles. The van der Waals surface area contributed by atoms with Crippen LogP contribution in [0.15, 0.2) is 0 Å². The van der Waals surface area contributed by atoms with Gasteiger partial charge in [0.25, 0.3) is 0 Å². The predicted molar refractivity (Wildman–Crippen MR) is 33.3 cm³/mol. The van der Waals surface area contributed by atoms with E-state index in [-0.39, 0.29) is 0 Å². The Morgan fingerprint density at radius 3 is 2.44 bits per heavy atom. The molecule has 1 unspecified atom stereocenters. The molecule has 1 radical (unpaired) electrons. The summed E-state index contributed by atoms with van der Waals surface area (Å²) in [5.74, 6) is -1.28. The van der Waals surface area contributed by atoms with Crippen LogP contribution in [0.5, 0.6) is 0 Å². The van der Waals surface area contributed by atoms with Gasteiger partial charge in [0.2, 0.25) is 12.2 Å². The first-order valence-corrected chi connectivity index (χ1v) is 2.89. The maximum absolute atomic E-state index is 10.3. The summed E-state index contributed by atoms with van der Waals surface area (Å²) < 4.78 is 0. The SMILES string of the molecule is CCCC([C]=O)C(N)=O. The van der Waals surface area contributed by atoms with E-state index in [0.717, 1.165) is 6.42 Å². The second-order valence-electron chi connectivity index (χ2n) is 1.86. The van der Waals surface area contributed by atoms with Crippen molar-refractivity contribution in [1.29, 1.82) is 0 Å². The number of carbonyl (C=O) groups is 1. The zero-order valence-corrected chi connectivity index (χ0v) is 5.39. The van der Waals surface area contributed by atoms with Crippen molar-refractivity contribution in [2.45, 2.75) is 19.8 Å². The van der Waals surface area contributed by atoms with Gasteiger partial charge in [0.1, 0.15) is 5.92 Å². The van der Waals surface area contributed by atoms with Gasteiger partial charge in [-0.05, 0) is 6.42 Å². The van der Waals surface area contributed by atoms with Crippen molar-refractivity contribution in [3.63, 3.8) is 0 Å². The molecule has 0 saturated heterocycles. The molecule has 0 heterocycles. The summed E-state index contributed by atoms with van der Waals surface area (Å²) in [6.45, 7) is 1.88. The average Bonchev–Trinajstić information content (AvgIpc) is 1.82. The van der Waals surface area contributed by atoms with Gasteiger partial charge >= 0.3 is 0 Å². The van der Waals surface area contributed by atoms with Crippen molar-refractivity contribution >= 4 is 12.2 Å². The highest BCUT2D eigenvalue weighted by molar-refractivity contribution is 5.90. The standard InChI is InChI=1S/C6H10NO2/c1-2-3-5(4-8)6(7)9/h5H,2-3H2,1H3,(H2,7,9). The maximum atomic E-state index is 10.3. The van der Waals surface area contributed by atoms with Crippen LogP contribution in [-0.4, -0.2) is 12.2 Å². The van der Waals surface area contributed by atoms with Gasteiger partial charge in [-0.25, -0.2) is 0 Å². The summed E-state index contributed by atoms with van der Waals surface area (Å²) in [7, 11) is 0. The van der Waals surface area contributed by atoms with Crippen molar-refractivity contribution in [3.05, 3.63) is 0 Å². The number of amides is 1. The predicted octanol–water partition coefficient (Wildman–Crippen LogP) is -0.00230. The highest BCUT2D eigenvalue weighted by Crippen LogP contribution is 2.00. The van der Waals surface area contributed by atoms with Gasteiger partial charge in [0.15, 0.2) is 0 Å². The Bertz CT molecular complexity index is 112. The number of hydrogen-bond donors (Lipinski definition) is 1. The molecule has 3 nitrogen and oxygen atoms in total. The summed E-state index contributed by atoms with van der Waals surface area (Å²) in [4.78, 5) is 20.2. The number of nitrogens with two attached hydrogens (primary N) is 1. The topological polar surface area (TPSA) is 60.2 Å². The monoisotopic (exact) mass is 128 g/mol. The quantitative estimate of drug-likeness (QED) is 0.541. The van der Waals surface area contributed by atoms with E-state index >= 15 is 0 Å². The molecule has 0 aromatic rings. The molecule has 0 aromatic heterocycles. The van der Waals surface area contributed by atoms with Gasteiger partial charge in [-0.2, -0.15) is 0 Å². The third-order valence-corrected chi connectivity index (χ3v) is 1.06. The molecule has 0 fully saturated rings. The zero-order chi connectivity index (χ0) is 7.28. The molecular weight excluding hydrogens is 118 g/mol. The molecule has 51 valence electrons. The van der Waals surface area contributed by atoms with E-state index in [1.165, 1.54) is 0 Å². The molecular formula is C6H10NO2. The fourth-order valence-corrected chi connectivity index (χ4v) is 0.548. The van der Waals surface area contributed by atoms with Crippen molar-refractivity contribution in [1.82, 2.24) is 0 Å². The van der Waals surface area contributed by atoms with Crippen molar-refractivity contribution in [2.24, 2.45) is 11.7 Å². The largest absolute Gasteiger partial charge is 0.369 e. The highest BCUT2D eigenvalue weighted by atomic mass is 16.2. The first kappa shape index (κ1) is 8.14. The Labute approximate surface area is 54.2 Å². The normalized spacial score (nSPS) is 12.6. The van der Waals surface area contributed by atoms with Gasteiger partial charge in [-0.1, -0.05) is 13.3 Å². The summed E-state index contributed by atoms with van der Waals surface area (Å²) in [6, 6.07) is 0. The van der Waals surface area contributed by atoms with E-state index in [4.69, 9.17) is 5.73 Å². The number of carbonyl (C=O) groups excluding carboxylic acids is 2. The van der Waals surface area contributed by atoms with Gasteiger partial charge < -0.3 is 5.73 Å². The number of primary amides is 1. The highest BCUT2D eigenvalue weighted by Gasteiger charge is 2.12. The van der Waals surface area contributed by atoms with E-state index < -0.39 is 11.8 Å². The van der Waals surface area contributed by atoms with Crippen LogP contribution in [0, 0.1) is 5.92 Å². The lowest BCUT2D eigenvalue weighted by molar-refractivity contribution is -0.120. The maximum Gasteiger partial charge on any atom is 0.228 e. The Balaban J connectivity index is 3.68. The molecule has 0 aliphatic rings. The van der Waals surface area contributed by atoms with Crippen molar-refractivity contribution < 1.29 is 9.59 Å². The summed E-state index contributed by atoms with van der Waals surface area (Å²) >= 11 is 0. The Hall–Kier alpha value is -0.860. The second-order valence-corrected chi connectivity index (χ2v) is 1.86. The Morgan fingerprint density at radius 1 is 1.78 bits per heavy atom. The van der Waals surface area contributed by atoms with Crippen LogP contribution in [-0.2, 0) is 9.59 Å². The van der Waals surface area contributed by atoms with Crippen molar-refractivity contribution in [2.75, 3.05) is 0 Å². The minimum atomic E-state index is -0.699. The summed E-state index contributed by atoms with van der Waals surface area (Å²) in [5, 5.41) is 0.